The van der Waals surface area contributed by atoms with E-state index in [2.05, 4.69) is 9.88 Å². The third-order valence-corrected chi connectivity index (χ3v) is 6.17. The van der Waals surface area contributed by atoms with Gasteiger partial charge < -0.3 is 14.5 Å². The summed E-state index contributed by atoms with van der Waals surface area (Å²) in [6, 6.07) is 10.5. The highest BCUT2D eigenvalue weighted by atomic mass is 16.5. The molecule has 2 fully saturated rings. The van der Waals surface area contributed by atoms with E-state index in [4.69, 9.17) is 4.74 Å². The van der Waals surface area contributed by atoms with Gasteiger partial charge in [0.2, 0.25) is 0 Å². The average molecular weight is 367 g/mol. The Labute approximate surface area is 161 Å². The number of hydrogen-bond donors (Lipinski definition) is 0. The van der Waals surface area contributed by atoms with E-state index < -0.39 is 0 Å². The number of hydrogen-bond acceptors (Lipinski definition) is 4. The second-order valence-electron chi connectivity index (χ2n) is 7.82. The number of fused-ring (bicyclic) bond motifs is 1. The summed E-state index contributed by atoms with van der Waals surface area (Å²) >= 11 is 0. The number of para-hydroxylation sites is 1. The van der Waals surface area contributed by atoms with Crippen LogP contribution in [0.15, 0.2) is 30.3 Å². The Bertz CT molecular complexity index is 806. The molecule has 4 rings (SSSR count). The number of carbonyl (C=O) groups is 1. The second kappa shape index (κ2) is 7.95. The van der Waals surface area contributed by atoms with Crippen molar-refractivity contribution in [2.24, 2.45) is 0 Å². The lowest BCUT2D eigenvalue weighted by atomic mass is 9.98. The summed E-state index contributed by atoms with van der Waals surface area (Å²) in [5.41, 5.74) is 2.50. The van der Waals surface area contributed by atoms with Gasteiger partial charge in [0.05, 0.1) is 17.2 Å². The number of benzene rings is 1. The summed E-state index contributed by atoms with van der Waals surface area (Å²) in [7, 11) is 1.81. The van der Waals surface area contributed by atoms with Gasteiger partial charge in [-0.15, -0.1) is 0 Å². The Morgan fingerprint density at radius 2 is 1.78 bits per heavy atom. The third-order valence-electron chi connectivity index (χ3n) is 6.17. The molecule has 5 nitrogen and oxygen atoms in total. The number of amides is 1. The monoisotopic (exact) mass is 367 g/mol. The van der Waals surface area contributed by atoms with E-state index in [1.807, 2.05) is 49.3 Å². The van der Waals surface area contributed by atoms with E-state index >= 15 is 0 Å². The number of aromatic nitrogens is 1. The van der Waals surface area contributed by atoms with Crippen LogP contribution in [0.2, 0.25) is 0 Å². The van der Waals surface area contributed by atoms with Crippen molar-refractivity contribution in [2.75, 3.05) is 33.3 Å². The van der Waals surface area contributed by atoms with Crippen LogP contribution in [0.25, 0.3) is 10.9 Å². The molecule has 0 saturated carbocycles. The predicted octanol–water partition coefficient (Wildman–Crippen LogP) is 3.26. The molecule has 5 heteroatoms. The lowest BCUT2D eigenvalue weighted by molar-refractivity contribution is 0.0145. The maximum absolute atomic E-state index is 13.1. The minimum atomic E-state index is 0.121. The van der Waals surface area contributed by atoms with E-state index in [-0.39, 0.29) is 5.91 Å². The largest absolute Gasteiger partial charge is 0.381 e. The summed E-state index contributed by atoms with van der Waals surface area (Å²) in [6.07, 6.45) is 4.78. The maximum atomic E-state index is 13.1. The zero-order valence-electron chi connectivity index (χ0n) is 16.4. The van der Waals surface area contributed by atoms with Crippen molar-refractivity contribution >= 4 is 16.8 Å². The molecule has 2 aliphatic heterocycles. The lowest BCUT2D eigenvalue weighted by Gasteiger charge is -2.41. The smallest absolute Gasteiger partial charge is 0.256 e. The Balaban J connectivity index is 1.41. The number of methoxy groups -OCH3 is 1. The van der Waals surface area contributed by atoms with Gasteiger partial charge >= 0.3 is 0 Å². The van der Waals surface area contributed by atoms with Gasteiger partial charge in [-0.05, 0) is 44.7 Å². The molecule has 144 valence electrons. The van der Waals surface area contributed by atoms with Crippen molar-refractivity contribution in [2.45, 2.75) is 44.8 Å². The first-order chi connectivity index (χ1) is 13.2. The zero-order valence-corrected chi connectivity index (χ0v) is 16.4. The Morgan fingerprint density at radius 3 is 2.48 bits per heavy atom. The molecular weight excluding hydrogens is 338 g/mol. The molecule has 2 aliphatic rings. The number of aryl methyl sites for hydroxylation is 1. The van der Waals surface area contributed by atoms with E-state index in [1.54, 1.807) is 0 Å². The van der Waals surface area contributed by atoms with Crippen LogP contribution in [-0.2, 0) is 4.74 Å². The van der Waals surface area contributed by atoms with Gasteiger partial charge in [0.15, 0.2) is 0 Å². The second-order valence-corrected chi connectivity index (χ2v) is 7.82. The lowest BCUT2D eigenvalue weighted by Crippen LogP contribution is -2.49. The fourth-order valence-electron chi connectivity index (χ4n) is 4.50. The first-order valence-electron chi connectivity index (χ1n) is 10.1. The van der Waals surface area contributed by atoms with Crippen molar-refractivity contribution < 1.29 is 9.53 Å². The Kier molecular flexibility index (Phi) is 5.41. The molecule has 2 saturated heterocycles. The van der Waals surface area contributed by atoms with E-state index in [1.165, 1.54) is 0 Å². The van der Waals surface area contributed by atoms with Gasteiger partial charge in [-0.2, -0.15) is 0 Å². The number of nitrogens with zero attached hydrogens (tertiary/aromatic N) is 3. The van der Waals surface area contributed by atoms with Crippen LogP contribution in [-0.4, -0.2) is 66.1 Å². The molecule has 3 heterocycles. The number of pyridine rings is 1. The minimum absolute atomic E-state index is 0.121. The number of carbonyl (C=O) groups excluding carboxylic acids is 1. The van der Waals surface area contributed by atoms with Gasteiger partial charge in [0.25, 0.3) is 5.91 Å². The van der Waals surface area contributed by atoms with Crippen LogP contribution < -0.4 is 0 Å². The van der Waals surface area contributed by atoms with Crippen LogP contribution in [0.3, 0.4) is 0 Å². The minimum Gasteiger partial charge on any atom is -0.381 e. The summed E-state index contributed by atoms with van der Waals surface area (Å²) in [5.74, 6) is 0.121. The highest BCUT2D eigenvalue weighted by molar-refractivity contribution is 6.05. The molecule has 1 amide bonds. The van der Waals surface area contributed by atoms with E-state index in [0.29, 0.717) is 12.1 Å². The predicted molar refractivity (Wildman–Crippen MR) is 107 cm³/mol. The number of ether oxygens (including phenoxy) is 1. The summed E-state index contributed by atoms with van der Waals surface area (Å²) in [6.45, 7) is 5.86. The summed E-state index contributed by atoms with van der Waals surface area (Å²) in [4.78, 5) is 22.4. The number of piperidine rings is 2. The molecule has 1 aromatic carbocycles. The van der Waals surface area contributed by atoms with Crippen molar-refractivity contribution in [1.29, 1.82) is 0 Å². The molecule has 0 spiro atoms. The Hall–Kier alpha value is -1.98. The van der Waals surface area contributed by atoms with Crippen molar-refractivity contribution in [3.63, 3.8) is 0 Å². The van der Waals surface area contributed by atoms with Crippen LogP contribution >= 0.6 is 0 Å². The van der Waals surface area contributed by atoms with E-state index in [0.717, 1.165) is 74.0 Å². The average Bonchev–Trinajstić information content (AvgIpc) is 2.73. The Morgan fingerprint density at radius 1 is 1.04 bits per heavy atom. The van der Waals surface area contributed by atoms with Crippen molar-refractivity contribution in [3.05, 3.63) is 41.6 Å². The molecule has 2 aromatic rings. The molecule has 0 bridgehead atoms. The first-order valence-corrected chi connectivity index (χ1v) is 10.1. The first kappa shape index (κ1) is 18.4. The van der Waals surface area contributed by atoms with Crippen LogP contribution in [0.5, 0.6) is 0 Å². The van der Waals surface area contributed by atoms with E-state index in [9.17, 15) is 4.79 Å². The molecule has 1 aromatic heterocycles. The highest BCUT2D eigenvalue weighted by Gasteiger charge is 2.30. The van der Waals surface area contributed by atoms with Gasteiger partial charge in [0, 0.05) is 50.4 Å². The molecule has 0 aliphatic carbocycles. The zero-order chi connectivity index (χ0) is 18.8. The van der Waals surface area contributed by atoms with Crippen LogP contribution in [0.1, 0.15) is 41.7 Å². The van der Waals surface area contributed by atoms with Gasteiger partial charge in [0.1, 0.15) is 0 Å². The maximum Gasteiger partial charge on any atom is 0.256 e. The molecule has 0 N–H and O–H groups in total. The number of rotatable bonds is 3. The summed E-state index contributed by atoms with van der Waals surface area (Å²) in [5, 5.41) is 1.03. The highest BCUT2D eigenvalue weighted by Crippen LogP contribution is 2.24. The fourth-order valence-corrected chi connectivity index (χ4v) is 4.50. The van der Waals surface area contributed by atoms with Crippen LogP contribution in [0.4, 0.5) is 0 Å². The number of likely N-dealkylation sites (tertiary alicyclic amines) is 2. The van der Waals surface area contributed by atoms with Crippen molar-refractivity contribution in [3.8, 4) is 0 Å². The summed E-state index contributed by atoms with van der Waals surface area (Å²) < 4.78 is 5.48. The quantitative estimate of drug-likeness (QED) is 0.835. The normalized spacial score (nSPS) is 20.3. The molecule has 27 heavy (non-hydrogen) atoms. The third kappa shape index (κ3) is 3.85. The molecule has 0 atom stereocenters. The molecule has 0 unspecified atom stereocenters. The van der Waals surface area contributed by atoms with Gasteiger partial charge in [-0.25, -0.2) is 0 Å². The SMILES string of the molecule is COC1CCN(C2CCN(C(=O)c3cccc4ccc(C)nc34)CC2)CC1. The van der Waals surface area contributed by atoms with Gasteiger partial charge in [-0.3, -0.25) is 9.78 Å². The standard InChI is InChI=1S/C22H29N3O2/c1-16-6-7-17-4-3-5-20(21(17)23-16)22(26)25-12-8-18(9-13-25)24-14-10-19(27-2)11-15-24/h3-7,18-19H,8-15H2,1-2H3. The fraction of sp³-hybridized carbons (Fsp3) is 0.545. The topological polar surface area (TPSA) is 45.7 Å². The molecule has 0 radical (unpaired) electrons. The van der Waals surface area contributed by atoms with Gasteiger partial charge in [-0.1, -0.05) is 18.2 Å². The molecular formula is C22H29N3O2. The van der Waals surface area contributed by atoms with Crippen LogP contribution in [0, 0.1) is 6.92 Å². The van der Waals surface area contributed by atoms with Crippen molar-refractivity contribution in [1.82, 2.24) is 14.8 Å².